The Bertz CT molecular complexity index is 1120. The number of fused-ring (bicyclic) bond motifs is 1. The van der Waals surface area contributed by atoms with E-state index in [0.717, 1.165) is 53.5 Å². The molecule has 4 aromatic rings. The molecule has 160 valence electrons. The van der Waals surface area contributed by atoms with Crippen molar-refractivity contribution in [2.24, 2.45) is 0 Å². The molecule has 0 radical (unpaired) electrons. The molecule has 0 amide bonds. The number of thiophene rings is 1. The highest BCUT2D eigenvalue weighted by molar-refractivity contribution is 7.17. The summed E-state index contributed by atoms with van der Waals surface area (Å²) in [5.41, 5.74) is 3.84. The molecule has 1 N–H and O–H groups in total. The normalized spacial score (nSPS) is 16.0. The molecule has 6 nitrogen and oxygen atoms in total. The molecule has 7 heteroatoms. The number of rotatable bonds is 7. The summed E-state index contributed by atoms with van der Waals surface area (Å²) in [7, 11) is 0. The zero-order valence-electron chi connectivity index (χ0n) is 17.2. The molecule has 1 fully saturated rings. The standard InChI is InChI=1S/C24H25N3O3S/c28-20(16-26-10-12-27(13-11-26)19-6-2-1-3-7-19)17-29-21-8-4-5-18(15-21)23-24-22(30-25-23)9-14-31-24/h1-9,14-15,20,28H,10-13,16-17H2/t20-/m1/s1. The maximum absolute atomic E-state index is 10.5. The SMILES string of the molecule is O[C@@H](COc1cccc(-c2noc3ccsc23)c1)CN1CCN(c2ccccc2)CC1. The van der Waals surface area contributed by atoms with Crippen molar-refractivity contribution in [3.8, 4) is 17.0 Å². The molecule has 1 atom stereocenters. The van der Waals surface area contributed by atoms with Crippen molar-refractivity contribution in [2.75, 3.05) is 44.2 Å². The lowest BCUT2D eigenvalue weighted by molar-refractivity contribution is 0.0663. The van der Waals surface area contributed by atoms with Crippen molar-refractivity contribution >= 4 is 27.3 Å². The number of para-hydroxylation sites is 1. The summed E-state index contributed by atoms with van der Waals surface area (Å²) in [6.45, 7) is 4.68. The van der Waals surface area contributed by atoms with E-state index in [4.69, 9.17) is 9.26 Å². The molecule has 0 spiro atoms. The second-order valence-electron chi connectivity index (χ2n) is 7.76. The van der Waals surface area contributed by atoms with Crippen LogP contribution >= 0.6 is 11.3 Å². The van der Waals surface area contributed by atoms with E-state index in [-0.39, 0.29) is 6.61 Å². The van der Waals surface area contributed by atoms with Gasteiger partial charge in [0, 0.05) is 44.0 Å². The maximum Gasteiger partial charge on any atom is 0.178 e. The Morgan fingerprint density at radius 1 is 1.03 bits per heavy atom. The quantitative estimate of drug-likeness (QED) is 0.471. The lowest BCUT2D eigenvalue weighted by Gasteiger charge is -2.36. The molecule has 2 aromatic heterocycles. The summed E-state index contributed by atoms with van der Waals surface area (Å²) in [5.74, 6) is 0.721. The van der Waals surface area contributed by atoms with Gasteiger partial charge in [-0.05, 0) is 35.7 Å². The third-order valence-electron chi connectivity index (χ3n) is 5.59. The first-order chi connectivity index (χ1) is 15.3. The smallest absolute Gasteiger partial charge is 0.178 e. The Balaban J connectivity index is 1.13. The Morgan fingerprint density at radius 3 is 2.71 bits per heavy atom. The number of hydrogen-bond donors (Lipinski definition) is 1. The van der Waals surface area contributed by atoms with Gasteiger partial charge in [0.25, 0.3) is 0 Å². The zero-order valence-corrected chi connectivity index (χ0v) is 18.0. The fourth-order valence-electron chi connectivity index (χ4n) is 3.97. The van der Waals surface area contributed by atoms with Crippen molar-refractivity contribution in [3.05, 3.63) is 66.0 Å². The van der Waals surface area contributed by atoms with E-state index >= 15 is 0 Å². The lowest BCUT2D eigenvalue weighted by atomic mass is 10.1. The van der Waals surface area contributed by atoms with Crippen molar-refractivity contribution < 1.29 is 14.4 Å². The van der Waals surface area contributed by atoms with Gasteiger partial charge in [-0.15, -0.1) is 11.3 Å². The van der Waals surface area contributed by atoms with Gasteiger partial charge in [0.05, 0.1) is 0 Å². The second-order valence-corrected chi connectivity index (χ2v) is 8.68. The van der Waals surface area contributed by atoms with Gasteiger partial charge in [0.1, 0.15) is 28.9 Å². The third-order valence-corrected chi connectivity index (χ3v) is 6.49. The fourth-order valence-corrected chi connectivity index (χ4v) is 4.78. The van der Waals surface area contributed by atoms with Gasteiger partial charge in [0.2, 0.25) is 0 Å². The largest absolute Gasteiger partial charge is 0.491 e. The minimum absolute atomic E-state index is 0.260. The average Bonchev–Trinajstić information content (AvgIpc) is 3.43. The van der Waals surface area contributed by atoms with Gasteiger partial charge in [-0.25, -0.2) is 0 Å². The summed E-state index contributed by atoms with van der Waals surface area (Å²) in [6.07, 6.45) is -0.539. The Kier molecular flexibility index (Phi) is 5.88. The van der Waals surface area contributed by atoms with Crippen LogP contribution in [0.3, 0.4) is 0 Å². The average molecular weight is 436 g/mol. The molecule has 2 aromatic carbocycles. The van der Waals surface area contributed by atoms with Crippen LogP contribution in [0.4, 0.5) is 5.69 Å². The van der Waals surface area contributed by atoms with E-state index < -0.39 is 6.10 Å². The highest BCUT2D eigenvalue weighted by Crippen LogP contribution is 2.33. The van der Waals surface area contributed by atoms with Crippen LogP contribution in [0.2, 0.25) is 0 Å². The second kappa shape index (κ2) is 9.09. The van der Waals surface area contributed by atoms with E-state index in [2.05, 4.69) is 39.2 Å². The molecule has 5 rings (SSSR count). The van der Waals surface area contributed by atoms with Crippen molar-refractivity contribution in [3.63, 3.8) is 0 Å². The predicted molar refractivity (Wildman–Crippen MR) is 124 cm³/mol. The molecular weight excluding hydrogens is 410 g/mol. The van der Waals surface area contributed by atoms with Crippen LogP contribution in [0.15, 0.2) is 70.6 Å². The Labute approximate surface area is 185 Å². The number of nitrogens with zero attached hydrogens (tertiary/aromatic N) is 3. The van der Waals surface area contributed by atoms with Crippen LogP contribution in [0, 0.1) is 0 Å². The van der Waals surface area contributed by atoms with Crippen LogP contribution in [0.5, 0.6) is 5.75 Å². The molecular formula is C24H25N3O3S. The van der Waals surface area contributed by atoms with Gasteiger partial charge in [-0.3, -0.25) is 4.90 Å². The number of hydrogen-bond acceptors (Lipinski definition) is 7. The lowest BCUT2D eigenvalue weighted by Crippen LogP contribution is -2.49. The molecule has 0 saturated carbocycles. The summed E-state index contributed by atoms with van der Waals surface area (Å²) in [4.78, 5) is 4.69. The highest BCUT2D eigenvalue weighted by Gasteiger charge is 2.20. The van der Waals surface area contributed by atoms with E-state index in [1.807, 2.05) is 41.8 Å². The van der Waals surface area contributed by atoms with E-state index in [9.17, 15) is 5.11 Å². The first-order valence-electron chi connectivity index (χ1n) is 10.5. The number of benzene rings is 2. The number of β-amino-alcohol motifs (C(OH)–C–C–N with tert-alkyl or cyclic N) is 1. The number of piperazine rings is 1. The van der Waals surface area contributed by atoms with E-state index in [1.54, 1.807) is 11.3 Å². The van der Waals surface area contributed by atoms with E-state index in [1.165, 1.54) is 5.69 Å². The van der Waals surface area contributed by atoms with Crippen LogP contribution in [0.25, 0.3) is 21.5 Å². The fraction of sp³-hybridized carbons (Fsp3) is 0.292. The van der Waals surface area contributed by atoms with Crippen LogP contribution < -0.4 is 9.64 Å². The van der Waals surface area contributed by atoms with Crippen molar-refractivity contribution in [1.82, 2.24) is 10.1 Å². The van der Waals surface area contributed by atoms with Crippen LogP contribution in [0.1, 0.15) is 0 Å². The van der Waals surface area contributed by atoms with Crippen LogP contribution in [-0.4, -0.2) is 60.6 Å². The Hall–Kier alpha value is -2.87. The summed E-state index contributed by atoms with van der Waals surface area (Å²) >= 11 is 1.61. The van der Waals surface area contributed by atoms with Gasteiger partial charge < -0.3 is 19.3 Å². The number of ether oxygens (including phenoxy) is 1. The highest BCUT2D eigenvalue weighted by atomic mass is 32.1. The minimum Gasteiger partial charge on any atom is -0.491 e. The molecule has 31 heavy (non-hydrogen) atoms. The number of aromatic nitrogens is 1. The minimum atomic E-state index is -0.539. The Morgan fingerprint density at radius 2 is 1.87 bits per heavy atom. The van der Waals surface area contributed by atoms with Crippen molar-refractivity contribution in [2.45, 2.75) is 6.10 Å². The third kappa shape index (κ3) is 4.58. The summed E-state index contributed by atoms with van der Waals surface area (Å²) in [5, 5.41) is 16.7. The molecule has 1 aliphatic rings. The van der Waals surface area contributed by atoms with Gasteiger partial charge in [-0.2, -0.15) is 0 Å². The topological polar surface area (TPSA) is 62.0 Å². The van der Waals surface area contributed by atoms with E-state index in [0.29, 0.717) is 6.54 Å². The molecule has 3 heterocycles. The molecule has 1 aliphatic heterocycles. The number of aliphatic hydroxyl groups excluding tert-OH is 1. The van der Waals surface area contributed by atoms with Gasteiger partial charge in [0.15, 0.2) is 5.58 Å². The molecule has 0 bridgehead atoms. The predicted octanol–water partition coefficient (Wildman–Crippen LogP) is 4.12. The summed E-state index contributed by atoms with van der Waals surface area (Å²) in [6, 6.07) is 20.2. The van der Waals surface area contributed by atoms with Crippen LogP contribution in [-0.2, 0) is 0 Å². The molecule has 0 aliphatic carbocycles. The first kappa shape index (κ1) is 20.1. The maximum atomic E-state index is 10.5. The monoisotopic (exact) mass is 435 g/mol. The van der Waals surface area contributed by atoms with Crippen molar-refractivity contribution in [1.29, 1.82) is 0 Å². The summed E-state index contributed by atoms with van der Waals surface area (Å²) < 4.78 is 12.3. The van der Waals surface area contributed by atoms with Gasteiger partial charge >= 0.3 is 0 Å². The zero-order chi connectivity index (χ0) is 21.0. The first-order valence-corrected chi connectivity index (χ1v) is 11.4. The number of anilines is 1. The molecule has 1 saturated heterocycles. The molecule has 0 unspecified atom stereocenters. The van der Waals surface area contributed by atoms with Gasteiger partial charge in [-0.1, -0.05) is 35.5 Å². The number of aliphatic hydroxyl groups is 1.